The number of piperazine rings is 1. The molecule has 0 aliphatic carbocycles. The van der Waals surface area contributed by atoms with Crippen molar-refractivity contribution in [3.63, 3.8) is 0 Å². The van der Waals surface area contributed by atoms with Crippen LogP contribution in [-0.2, 0) is 11.8 Å². The zero-order valence-electron chi connectivity index (χ0n) is 15.6. The van der Waals surface area contributed by atoms with E-state index in [0.717, 1.165) is 35.8 Å². The first-order valence-corrected chi connectivity index (χ1v) is 8.73. The Kier molecular flexibility index (Phi) is 7.06. The lowest BCUT2D eigenvalue weighted by Crippen LogP contribution is -2.49. The van der Waals surface area contributed by atoms with Crippen LogP contribution in [0.4, 0.5) is 0 Å². The van der Waals surface area contributed by atoms with Crippen molar-refractivity contribution in [1.82, 2.24) is 19.8 Å². The number of halogens is 1. The van der Waals surface area contributed by atoms with E-state index in [2.05, 4.69) is 16.4 Å². The lowest BCUT2D eigenvalue weighted by molar-refractivity contribution is -0.135. The number of carbonyl (C=O) groups excluding carboxylic acids is 1. The summed E-state index contributed by atoms with van der Waals surface area (Å²) in [5.41, 5.74) is 2.25. The number of amides is 1. The van der Waals surface area contributed by atoms with Crippen LogP contribution in [0.1, 0.15) is 29.4 Å². The van der Waals surface area contributed by atoms with Crippen LogP contribution in [-0.4, -0.2) is 46.6 Å². The smallest absolute Gasteiger partial charge is 0.226 e. The summed E-state index contributed by atoms with van der Waals surface area (Å²) in [5.74, 6) is 1.88. The fourth-order valence-electron chi connectivity index (χ4n) is 3.19. The first-order chi connectivity index (χ1) is 12.1. The lowest BCUT2D eigenvalue weighted by Gasteiger charge is -2.35. The Morgan fingerprint density at radius 3 is 2.92 bits per heavy atom. The van der Waals surface area contributed by atoms with Gasteiger partial charge in [-0.25, -0.2) is 4.98 Å². The second kappa shape index (κ2) is 9.05. The first kappa shape index (κ1) is 20.3. The number of rotatable bonds is 5. The molecule has 0 bridgehead atoms. The normalized spacial score (nSPS) is 16.9. The molecular weight excluding hydrogens is 352 g/mol. The largest absolute Gasteiger partial charge is 0.493 e. The number of hydrogen-bond donors (Lipinski definition) is 1. The summed E-state index contributed by atoms with van der Waals surface area (Å²) in [4.78, 5) is 19.1. The molecule has 1 saturated heterocycles. The summed E-state index contributed by atoms with van der Waals surface area (Å²) in [6.45, 7) is 6.68. The maximum absolute atomic E-state index is 12.7. The van der Waals surface area contributed by atoms with Crippen molar-refractivity contribution in [2.45, 2.75) is 26.3 Å². The molecule has 0 radical (unpaired) electrons. The van der Waals surface area contributed by atoms with Gasteiger partial charge in [-0.05, 0) is 31.0 Å². The predicted molar refractivity (Wildman–Crippen MR) is 104 cm³/mol. The summed E-state index contributed by atoms with van der Waals surface area (Å²) >= 11 is 0. The average Bonchev–Trinajstić information content (AvgIpc) is 3.03. The fourth-order valence-corrected chi connectivity index (χ4v) is 3.19. The minimum Gasteiger partial charge on any atom is -0.493 e. The van der Waals surface area contributed by atoms with Gasteiger partial charge in [0.1, 0.15) is 17.6 Å². The van der Waals surface area contributed by atoms with Gasteiger partial charge in [-0.15, -0.1) is 12.4 Å². The number of hydrogen-bond acceptors (Lipinski definition) is 4. The van der Waals surface area contributed by atoms with Gasteiger partial charge >= 0.3 is 0 Å². The summed E-state index contributed by atoms with van der Waals surface area (Å²) in [6, 6.07) is 6.09. The molecule has 1 aliphatic rings. The van der Waals surface area contributed by atoms with Crippen LogP contribution >= 0.6 is 12.4 Å². The maximum atomic E-state index is 12.7. The molecule has 2 heterocycles. The monoisotopic (exact) mass is 378 g/mol. The van der Waals surface area contributed by atoms with Crippen LogP contribution in [0.15, 0.2) is 30.6 Å². The van der Waals surface area contributed by atoms with Crippen LogP contribution in [0.2, 0.25) is 0 Å². The van der Waals surface area contributed by atoms with Gasteiger partial charge < -0.3 is 19.5 Å². The van der Waals surface area contributed by atoms with Gasteiger partial charge in [-0.1, -0.05) is 12.1 Å². The van der Waals surface area contributed by atoms with E-state index >= 15 is 0 Å². The number of benzene rings is 1. The van der Waals surface area contributed by atoms with E-state index in [1.165, 1.54) is 0 Å². The Hall–Kier alpha value is -2.05. The second-order valence-electron chi connectivity index (χ2n) is 6.57. The molecule has 6 nitrogen and oxygen atoms in total. The van der Waals surface area contributed by atoms with E-state index in [0.29, 0.717) is 19.6 Å². The lowest BCUT2D eigenvalue weighted by atomic mass is 10.1. The van der Waals surface area contributed by atoms with Gasteiger partial charge in [-0.3, -0.25) is 4.79 Å². The van der Waals surface area contributed by atoms with Crippen LogP contribution in [0.3, 0.4) is 0 Å². The molecule has 1 N–H and O–H groups in total. The average molecular weight is 379 g/mol. The molecule has 2 aromatic rings. The third-order valence-corrected chi connectivity index (χ3v) is 4.64. The van der Waals surface area contributed by atoms with Crippen molar-refractivity contribution in [2.75, 3.05) is 26.2 Å². The van der Waals surface area contributed by atoms with Crippen LogP contribution < -0.4 is 10.1 Å². The number of ether oxygens (including phenoxy) is 1. The van der Waals surface area contributed by atoms with Gasteiger partial charge in [-0.2, -0.15) is 0 Å². The Balaban J connectivity index is 0.00000243. The molecule has 1 aromatic heterocycles. The highest BCUT2D eigenvalue weighted by Crippen LogP contribution is 2.22. The third kappa shape index (κ3) is 4.56. The number of nitrogens with one attached hydrogen (secondary N) is 1. The molecule has 26 heavy (non-hydrogen) atoms. The van der Waals surface area contributed by atoms with Crippen molar-refractivity contribution in [3.05, 3.63) is 47.5 Å². The summed E-state index contributed by atoms with van der Waals surface area (Å²) in [7, 11) is 1.96. The first-order valence-electron chi connectivity index (χ1n) is 8.73. The SMILES string of the molecule is Cc1ccc(C)c(OCCC(=O)N2CCNCC2c2nccn2C)c1.Cl. The van der Waals surface area contributed by atoms with Gasteiger partial charge in [0, 0.05) is 39.1 Å². The Labute approximate surface area is 161 Å². The summed E-state index contributed by atoms with van der Waals surface area (Å²) < 4.78 is 7.82. The number of carbonyl (C=O) groups is 1. The maximum Gasteiger partial charge on any atom is 0.226 e. The van der Waals surface area contributed by atoms with Crippen LogP contribution in [0.5, 0.6) is 5.75 Å². The highest BCUT2D eigenvalue weighted by atomic mass is 35.5. The minimum atomic E-state index is -0.0260. The molecular formula is C19H27ClN4O2. The molecule has 1 atom stereocenters. The van der Waals surface area contributed by atoms with Crippen molar-refractivity contribution >= 4 is 18.3 Å². The molecule has 1 aromatic carbocycles. The standard InChI is InChI=1S/C19H26N4O2.ClH/c1-14-4-5-15(2)17(12-14)25-11-6-18(24)23-10-7-20-13-16(23)19-21-8-9-22(19)3;/h4-5,8-9,12,16,20H,6-7,10-11,13H2,1-3H3;1H. The molecule has 1 amide bonds. The Bertz CT molecular complexity index is 747. The van der Waals surface area contributed by atoms with E-state index in [4.69, 9.17) is 4.74 Å². The van der Waals surface area contributed by atoms with E-state index in [9.17, 15) is 4.79 Å². The van der Waals surface area contributed by atoms with Crippen LogP contribution in [0, 0.1) is 13.8 Å². The highest BCUT2D eigenvalue weighted by Gasteiger charge is 2.30. The second-order valence-corrected chi connectivity index (χ2v) is 6.57. The number of aromatic nitrogens is 2. The Morgan fingerprint density at radius 2 is 2.19 bits per heavy atom. The topological polar surface area (TPSA) is 59.4 Å². The Morgan fingerprint density at radius 1 is 1.38 bits per heavy atom. The van der Waals surface area contributed by atoms with Crippen molar-refractivity contribution in [3.8, 4) is 5.75 Å². The van der Waals surface area contributed by atoms with Gasteiger partial charge in [0.25, 0.3) is 0 Å². The molecule has 1 unspecified atom stereocenters. The molecule has 7 heteroatoms. The molecule has 1 fully saturated rings. The van der Waals surface area contributed by atoms with Gasteiger partial charge in [0.2, 0.25) is 5.91 Å². The van der Waals surface area contributed by atoms with E-state index < -0.39 is 0 Å². The van der Waals surface area contributed by atoms with E-state index in [1.54, 1.807) is 6.20 Å². The number of imidazole rings is 1. The molecule has 0 saturated carbocycles. The minimum absolute atomic E-state index is 0. The number of aryl methyl sites for hydroxylation is 3. The van der Waals surface area contributed by atoms with E-state index in [1.807, 2.05) is 48.7 Å². The van der Waals surface area contributed by atoms with Crippen molar-refractivity contribution in [1.29, 1.82) is 0 Å². The van der Waals surface area contributed by atoms with Crippen molar-refractivity contribution in [2.24, 2.45) is 7.05 Å². The third-order valence-electron chi connectivity index (χ3n) is 4.64. The van der Waals surface area contributed by atoms with Gasteiger partial charge in [0.05, 0.1) is 13.0 Å². The summed E-state index contributed by atoms with van der Waals surface area (Å²) in [6.07, 6.45) is 4.06. The molecule has 1 aliphatic heterocycles. The molecule has 0 spiro atoms. The van der Waals surface area contributed by atoms with Crippen LogP contribution in [0.25, 0.3) is 0 Å². The quantitative estimate of drug-likeness (QED) is 0.867. The highest BCUT2D eigenvalue weighted by molar-refractivity contribution is 5.85. The van der Waals surface area contributed by atoms with Crippen molar-refractivity contribution < 1.29 is 9.53 Å². The van der Waals surface area contributed by atoms with Gasteiger partial charge in [0.15, 0.2) is 0 Å². The predicted octanol–water partition coefficient (Wildman–Crippen LogP) is 2.40. The molecule has 142 valence electrons. The summed E-state index contributed by atoms with van der Waals surface area (Å²) in [5, 5.41) is 3.35. The fraction of sp³-hybridized carbons (Fsp3) is 0.474. The van der Waals surface area contributed by atoms with E-state index in [-0.39, 0.29) is 24.4 Å². The number of nitrogens with zero attached hydrogens (tertiary/aromatic N) is 3. The zero-order chi connectivity index (χ0) is 17.8. The zero-order valence-corrected chi connectivity index (χ0v) is 16.4. The molecule has 3 rings (SSSR count).